The lowest BCUT2D eigenvalue weighted by Crippen LogP contribution is -2.40. The molecular formula is C24H23N3O3. The number of benzene rings is 2. The van der Waals surface area contributed by atoms with Gasteiger partial charge in [0.15, 0.2) is 0 Å². The van der Waals surface area contributed by atoms with E-state index in [-0.39, 0.29) is 30.7 Å². The Morgan fingerprint density at radius 1 is 0.933 bits per heavy atom. The molecule has 6 nitrogen and oxygen atoms in total. The van der Waals surface area contributed by atoms with Gasteiger partial charge in [0.2, 0.25) is 5.91 Å². The van der Waals surface area contributed by atoms with Crippen molar-refractivity contribution in [3.8, 4) is 0 Å². The molecule has 0 saturated carbocycles. The summed E-state index contributed by atoms with van der Waals surface area (Å²) in [5.41, 5.74) is 3.32. The van der Waals surface area contributed by atoms with Gasteiger partial charge in [0.1, 0.15) is 0 Å². The number of amides is 3. The zero-order valence-electron chi connectivity index (χ0n) is 16.6. The van der Waals surface area contributed by atoms with Crippen molar-refractivity contribution >= 4 is 28.6 Å². The number of hydrogen-bond acceptors (Lipinski definition) is 3. The van der Waals surface area contributed by atoms with Gasteiger partial charge in [-0.25, -0.2) is 0 Å². The first-order valence-corrected chi connectivity index (χ1v) is 10.4. The Bertz CT molecular complexity index is 1110. The Kier molecular flexibility index (Phi) is 4.62. The highest BCUT2D eigenvalue weighted by Crippen LogP contribution is 2.33. The van der Waals surface area contributed by atoms with E-state index in [4.69, 9.17) is 0 Å². The van der Waals surface area contributed by atoms with E-state index in [2.05, 4.69) is 29.4 Å². The zero-order valence-corrected chi connectivity index (χ0v) is 16.6. The standard InChI is InChI=1S/C24H23N3O3/c28-22(11-14-27-23(29)18-6-1-2-7-19(18)24(27)30)26-12-9-16(10-13-26)20-15-25-21-8-4-3-5-17(20)21/h1-8,15-16,25H,9-14H2. The van der Waals surface area contributed by atoms with Crippen molar-refractivity contribution in [2.75, 3.05) is 19.6 Å². The van der Waals surface area contributed by atoms with Crippen LogP contribution in [0.5, 0.6) is 0 Å². The van der Waals surface area contributed by atoms with Gasteiger partial charge in [0.05, 0.1) is 11.1 Å². The van der Waals surface area contributed by atoms with Crippen molar-refractivity contribution in [2.45, 2.75) is 25.2 Å². The van der Waals surface area contributed by atoms with Gasteiger partial charge >= 0.3 is 0 Å². The summed E-state index contributed by atoms with van der Waals surface area (Å²) in [4.78, 5) is 44.0. The molecular weight excluding hydrogens is 378 g/mol. The van der Waals surface area contributed by atoms with Crippen molar-refractivity contribution in [1.82, 2.24) is 14.8 Å². The van der Waals surface area contributed by atoms with Crippen LogP contribution < -0.4 is 0 Å². The van der Waals surface area contributed by atoms with E-state index in [1.807, 2.05) is 11.0 Å². The maximum atomic E-state index is 12.7. The van der Waals surface area contributed by atoms with Gasteiger partial charge in [-0.05, 0) is 42.5 Å². The second-order valence-corrected chi connectivity index (χ2v) is 8.00. The minimum atomic E-state index is -0.304. The summed E-state index contributed by atoms with van der Waals surface area (Å²) in [5.74, 6) is -0.173. The summed E-state index contributed by atoms with van der Waals surface area (Å²) in [7, 11) is 0. The summed E-state index contributed by atoms with van der Waals surface area (Å²) in [5, 5.41) is 1.26. The van der Waals surface area contributed by atoms with Gasteiger partial charge in [-0.3, -0.25) is 19.3 Å². The molecule has 1 fully saturated rings. The fourth-order valence-corrected chi connectivity index (χ4v) is 4.68. The number of carbonyl (C=O) groups excluding carboxylic acids is 3. The number of hydrogen-bond donors (Lipinski definition) is 1. The highest BCUT2D eigenvalue weighted by molar-refractivity contribution is 6.21. The third-order valence-corrected chi connectivity index (χ3v) is 6.34. The van der Waals surface area contributed by atoms with Crippen LogP contribution in [0.2, 0.25) is 0 Å². The number of likely N-dealkylation sites (tertiary alicyclic amines) is 1. The lowest BCUT2D eigenvalue weighted by Gasteiger charge is -2.32. The van der Waals surface area contributed by atoms with Crippen LogP contribution in [0.4, 0.5) is 0 Å². The van der Waals surface area contributed by atoms with E-state index in [1.54, 1.807) is 24.3 Å². The number of piperidine rings is 1. The first kappa shape index (κ1) is 18.6. The Morgan fingerprint density at radius 2 is 1.57 bits per heavy atom. The van der Waals surface area contributed by atoms with E-state index in [0.29, 0.717) is 30.1 Å². The molecule has 0 atom stereocenters. The molecule has 1 N–H and O–H groups in total. The van der Waals surface area contributed by atoms with Gasteiger partial charge in [-0.1, -0.05) is 30.3 Å². The van der Waals surface area contributed by atoms with Crippen LogP contribution in [0.1, 0.15) is 51.5 Å². The summed E-state index contributed by atoms with van der Waals surface area (Å²) in [6, 6.07) is 15.1. The van der Waals surface area contributed by atoms with Gasteiger partial charge in [0.25, 0.3) is 11.8 Å². The molecule has 30 heavy (non-hydrogen) atoms. The Morgan fingerprint density at radius 3 is 2.27 bits per heavy atom. The van der Waals surface area contributed by atoms with E-state index >= 15 is 0 Å². The lowest BCUT2D eigenvalue weighted by molar-refractivity contribution is -0.132. The number of imide groups is 1. The van der Waals surface area contributed by atoms with Gasteiger partial charge in [0, 0.05) is 43.2 Å². The van der Waals surface area contributed by atoms with Crippen molar-refractivity contribution in [3.63, 3.8) is 0 Å². The molecule has 2 aliphatic heterocycles. The molecule has 0 bridgehead atoms. The van der Waals surface area contributed by atoms with Crippen LogP contribution in [0.3, 0.4) is 0 Å². The molecule has 0 aliphatic carbocycles. The molecule has 2 aromatic carbocycles. The fourth-order valence-electron chi connectivity index (χ4n) is 4.68. The number of rotatable bonds is 4. The Hall–Kier alpha value is -3.41. The number of para-hydroxylation sites is 1. The van der Waals surface area contributed by atoms with E-state index < -0.39 is 0 Å². The van der Waals surface area contributed by atoms with Crippen molar-refractivity contribution in [2.24, 2.45) is 0 Å². The molecule has 5 rings (SSSR count). The Labute approximate surface area is 174 Å². The Balaban J connectivity index is 1.18. The molecule has 3 aromatic rings. The maximum Gasteiger partial charge on any atom is 0.261 e. The molecule has 3 amide bonds. The van der Waals surface area contributed by atoms with Crippen molar-refractivity contribution in [1.29, 1.82) is 0 Å². The highest BCUT2D eigenvalue weighted by atomic mass is 16.2. The smallest absolute Gasteiger partial charge is 0.261 e. The van der Waals surface area contributed by atoms with Gasteiger partial charge in [-0.2, -0.15) is 0 Å². The van der Waals surface area contributed by atoms with Crippen molar-refractivity contribution in [3.05, 3.63) is 71.4 Å². The molecule has 0 radical (unpaired) electrons. The molecule has 1 aromatic heterocycles. The van der Waals surface area contributed by atoms with Crippen LogP contribution in [-0.2, 0) is 4.79 Å². The van der Waals surface area contributed by atoms with E-state index in [1.165, 1.54) is 15.8 Å². The third-order valence-electron chi connectivity index (χ3n) is 6.34. The van der Waals surface area contributed by atoms with Crippen LogP contribution >= 0.6 is 0 Å². The monoisotopic (exact) mass is 401 g/mol. The first-order valence-electron chi connectivity index (χ1n) is 10.4. The zero-order chi connectivity index (χ0) is 20.7. The number of carbonyl (C=O) groups is 3. The minimum Gasteiger partial charge on any atom is -0.361 e. The average molecular weight is 401 g/mol. The second kappa shape index (κ2) is 7.44. The predicted molar refractivity (Wildman–Crippen MR) is 113 cm³/mol. The number of nitrogens with one attached hydrogen (secondary N) is 1. The van der Waals surface area contributed by atoms with E-state index in [9.17, 15) is 14.4 Å². The number of nitrogens with zero attached hydrogens (tertiary/aromatic N) is 2. The normalized spacial score (nSPS) is 17.1. The fraction of sp³-hybridized carbons (Fsp3) is 0.292. The molecule has 0 unspecified atom stereocenters. The highest BCUT2D eigenvalue weighted by Gasteiger charge is 2.35. The number of aromatic amines is 1. The summed E-state index contributed by atoms with van der Waals surface area (Å²) >= 11 is 0. The van der Waals surface area contributed by atoms with Crippen LogP contribution in [0.25, 0.3) is 10.9 Å². The van der Waals surface area contributed by atoms with Crippen LogP contribution in [-0.4, -0.2) is 52.1 Å². The molecule has 152 valence electrons. The predicted octanol–water partition coefficient (Wildman–Crippen LogP) is 3.56. The van der Waals surface area contributed by atoms with Crippen molar-refractivity contribution < 1.29 is 14.4 Å². The first-order chi connectivity index (χ1) is 14.6. The summed E-state index contributed by atoms with van der Waals surface area (Å²) in [6.07, 6.45) is 4.10. The SMILES string of the molecule is O=C(CCN1C(=O)c2ccccc2C1=O)N1CCC(c2c[nH]c3ccccc23)CC1. The lowest BCUT2D eigenvalue weighted by atomic mass is 9.89. The minimum absolute atomic E-state index is 0.00364. The quantitative estimate of drug-likeness (QED) is 0.680. The van der Waals surface area contributed by atoms with E-state index in [0.717, 1.165) is 18.4 Å². The topological polar surface area (TPSA) is 73.5 Å². The van der Waals surface area contributed by atoms with Crippen LogP contribution in [0.15, 0.2) is 54.7 Å². The molecule has 3 heterocycles. The second-order valence-electron chi connectivity index (χ2n) is 8.00. The largest absolute Gasteiger partial charge is 0.361 e. The van der Waals surface area contributed by atoms with Gasteiger partial charge < -0.3 is 9.88 Å². The molecule has 2 aliphatic rings. The number of fused-ring (bicyclic) bond motifs is 2. The van der Waals surface area contributed by atoms with Gasteiger partial charge in [-0.15, -0.1) is 0 Å². The number of aromatic nitrogens is 1. The summed E-state index contributed by atoms with van der Waals surface area (Å²) < 4.78 is 0. The average Bonchev–Trinajstić information content (AvgIpc) is 3.32. The molecule has 0 spiro atoms. The van der Waals surface area contributed by atoms with Crippen LogP contribution in [0, 0.1) is 0 Å². The third kappa shape index (κ3) is 3.09. The summed E-state index contributed by atoms with van der Waals surface area (Å²) in [6.45, 7) is 1.53. The molecule has 6 heteroatoms. The molecule has 1 saturated heterocycles. The maximum absolute atomic E-state index is 12.7. The number of H-pyrrole nitrogens is 1.